The minimum atomic E-state index is -2.48. The van der Waals surface area contributed by atoms with E-state index in [4.69, 9.17) is 5.73 Å². The van der Waals surface area contributed by atoms with Gasteiger partial charge in [0.25, 0.3) is 0 Å². The number of carbonyl (C=O) groups excluding carboxylic acids is 4. The Bertz CT molecular complexity index is 1320. The summed E-state index contributed by atoms with van der Waals surface area (Å²) in [7, 11) is 0. The number of para-hydroxylation sites is 1. The van der Waals surface area contributed by atoms with Crippen LogP contribution in [0, 0.1) is 29.1 Å². The van der Waals surface area contributed by atoms with Gasteiger partial charge in [-0.15, -0.1) is 0 Å². The Balaban J connectivity index is 1.83. The number of nitrogens with one attached hydrogen (secondary N) is 3. The molecular weight excluding hydrogens is 495 g/mol. The SMILES string of the molecule is NC(=O)C[C@H](NC(=O)[C@H](Cc1c[nH]c2ccccc12)NC=O)C(=O)Oc1c(F)c(F)c(F)c(F)c1F. The predicted molar refractivity (Wildman–Crippen MR) is 113 cm³/mol. The molecule has 1 aromatic heterocycles. The van der Waals surface area contributed by atoms with Gasteiger partial charge in [-0.3, -0.25) is 14.4 Å². The number of benzene rings is 2. The van der Waals surface area contributed by atoms with Crippen molar-refractivity contribution < 1.29 is 45.9 Å². The first-order valence-electron chi connectivity index (χ1n) is 10.1. The molecule has 0 saturated carbocycles. The molecule has 36 heavy (non-hydrogen) atoms. The second kappa shape index (κ2) is 10.8. The molecule has 190 valence electrons. The molecule has 3 rings (SSSR count). The van der Waals surface area contributed by atoms with E-state index in [0.29, 0.717) is 5.56 Å². The van der Waals surface area contributed by atoms with Gasteiger partial charge in [0.15, 0.2) is 0 Å². The van der Waals surface area contributed by atoms with Crippen LogP contribution in [0.1, 0.15) is 12.0 Å². The summed E-state index contributed by atoms with van der Waals surface area (Å²) in [6.45, 7) is 0. The van der Waals surface area contributed by atoms with Crippen molar-refractivity contribution in [3.05, 3.63) is 65.1 Å². The van der Waals surface area contributed by atoms with Gasteiger partial charge >= 0.3 is 5.97 Å². The van der Waals surface area contributed by atoms with Gasteiger partial charge < -0.3 is 26.1 Å². The van der Waals surface area contributed by atoms with Gasteiger partial charge in [-0.25, -0.2) is 18.0 Å². The molecule has 0 unspecified atom stereocenters. The lowest BCUT2D eigenvalue weighted by Crippen LogP contribution is -2.52. The third-order valence-electron chi connectivity index (χ3n) is 5.06. The van der Waals surface area contributed by atoms with Gasteiger partial charge in [-0.2, -0.15) is 8.78 Å². The Kier molecular flexibility index (Phi) is 7.86. The van der Waals surface area contributed by atoms with Gasteiger partial charge in [-0.1, -0.05) is 18.2 Å². The smallest absolute Gasteiger partial charge is 0.334 e. The monoisotopic (exact) mass is 512 g/mol. The zero-order valence-corrected chi connectivity index (χ0v) is 18.0. The predicted octanol–water partition coefficient (Wildman–Crippen LogP) is 1.49. The lowest BCUT2D eigenvalue weighted by atomic mass is 10.0. The quantitative estimate of drug-likeness (QED) is 0.0813. The second-order valence-corrected chi connectivity index (χ2v) is 7.45. The van der Waals surface area contributed by atoms with E-state index in [0.717, 1.165) is 10.9 Å². The Labute approximate surface area is 198 Å². The Hall–Kier alpha value is -4.49. The van der Waals surface area contributed by atoms with Crippen LogP contribution in [-0.2, 0) is 25.6 Å². The van der Waals surface area contributed by atoms with E-state index in [1.54, 1.807) is 30.5 Å². The molecule has 1 heterocycles. The summed E-state index contributed by atoms with van der Waals surface area (Å²) in [5, 5.41) is 5.00. The van der Waals surface area contributed by atoms with Crippen molar-refractivity contribution in [3.8, 4) is 5.75 Å². The molecule has 5 N–H and O–H groups in total. The molecule has 0 bridgehead atoms. The summed E-state index contributed by atoms with van der Waals surface area (Å²) in [6.07, 6.45) is 0.733. The second-order valence-electron chi connectivity index (χ2n) is 7.45. The van der Waals surface area contributed by atoms with E-state index < -0.39 is 71.1 Å². The number of hydrogen-bond acceptors (Lipinski definition) is 5. The van der Waals surface area contributed by atoms with Crippen molar-refractivity contribution in [2.24, 2.45) is 5.73 Å². The van der Waals surface area contributed by atoms with Gasteiger partial charge in [0.05, 0.1) is 6.42 Å². The number of aromatic nitrogens is 1. The fraction of sp³-hybridized carbons (Fsp3) is 0.182. The maximum absolute atomic E-state index is 13.9. The molecule has 0 saturated heterocycles. The number of primary amides is 1. The Morgan fingerprint density at radius 1 is 0.972 bits per heavy atom. The van der Waals surface area contributed by atoms with Crippen molar-refractivity contribution >= 4 is 35.1 Å². The van der Waals surface area contributed by atoms with Crippen LogP contribution in [0.5, 0.6) is 5.75 Å². The van der Waals surface area contributed by atoms with Gasteiger partial charge in [0, 0.05) is 23.5 Å². The Morgan fingerprint density at radius 3 is 2.19 bits per heavy atom. The Morgan fingerprint density at radius 2 is 1.58 bits per heavy atom. The number of rotatable bonds is 10. The largest absolute Gasteiger partial charge is 0.418 e. The summed E-state index contributed by atoms with van der Waals surface area (Å²) >= 11 is 0. The molecule has 2 atom stereocenters. The maximum Gasteiger partial charge on any atom is 0.334 e. The number of fused-ring (bicyclic) bond motifs is 1. The lowest BCUT2D eigenvalue weighted by Gasteiger charge is -2.21. The fourth-order valence-corrected chi connectivity index (χ4v) is 3.34. The van der Waals surface area contributed by atoms with E-state index in [-0.39, 0.29) is 12.8 Å². The third kappa shape index (κ3) is 5.42. The molecule has 2 aromatic carbocycles. The van der Waals surface area contributed by atoms with Crippen LogP contribution in [-0.4, -0.2) is 41.3 Å². The summed E-state index contributed by atoms with van der Waals surface area (Å²) in [6, 6.07) is 3.71. The number of amides is 3. The van der Waals surface area contributed by atoms with Crippen LogP contribution < -0.4 is 21.1 Å². The van der Waals surface area contributed by atoms with Crippen molar-refractivity contribution in [2.45, 2.75) is 24.9 Å². The molecule has 0 spiro atoms. The summed E-state index contributed by atoms with van der Waals surface area (Å²) < 4.78 is 72.1. The highest BCUT2D eigenvalue weighted by atomic mass is 19.2. The maximum atomic E-state index is 13.9. The first-order chi connectivity index (χ1) is 17.0. The molecule has 0 aliphatic rings. The molecule has 14 heteroatoms. The summed E-state index contributed by atoms with van der Waals surface area (Å²) in [5.74, 6) is -18.0. The van der Waals surface area contributed by atoms with Gasteiger partial charge in [0.2, 0.25) is 53.1 Å². The van der Waals surface area contributed by atoms with E-state index >= 15 is 0 Å². The fourth-order valence-electron chi connectivity index (χ4n) is 3.34. The molecular formula is C22H17F5N4O5. The normalized spacial score (nSPS) is 12.6. The zero-order chi connectivity index (χ0) is 26.6. The average Bonchev–Trinajstić information content (AvgIpc) is 3.26. The van der Waals surface area contributed by atoms with Crippen molar-refractivity contribution in [2.75, 3.05) is 0 Å². The van der Waals surface area contributed by atoms with Gasteiger partial charge in [0.1, 0.15) is 12.1 Å². The van der Waals surface area contributed by atoms with Crippen LogP contribution in [0.15, 0.2) is 30.5 Å². The van der Waals surface area contributed by atoms with E-state index in [1.807, 2.05) is 5.32 Å². The number of nitrogens with two attached hydrogens (primary N) is 1. The highest BCUT2D eigenvalue weighted by Crippen LogP contribution is 2.29. The van der Waals surface area contributed by atoms with Crippen LogP contribution in [0.2, 0.25) is 0 Å². The summed E-state index contributed by atoms with van der Waals surface area (Å²) in [4.78, 5) is 50.7. The number of hydrogen-bond donors (Lipinski definition) is 4. The van der Waals surface area contributed by atoms with Crippen molar-refractivity contribution in [3.63, 3.8) is 0 Å². The minimum Gasteiger partial charge on any atom is -0.418 e. The van der Waals surface area contributed by atoms with Gasteiger partial charge in [-0.05, 0) is 11.6 Å². The molecule has 0 aliphatic carbocycles. The number of carbonyl (C=O) groups is 4. The molecule has 0 fully saturated rings. The topological polar surface area (TPSA) is 143 Å². The van der Waals surface area contributed by atoms with E-state index in [9.17, 15) is 41.1 Å². The van der Waals surface area contributed by atoms with Crippen LogP contribution in [0.3, 0.4) is 0 Å². The highest BCUT2D eigenvalue weighted by molar-refractivity contribution is 5.93. The lowest BCUT2D eigenvalue weighted by molar-refractivity contribution is -0.141. The van der Waals surface area contributed by atoms with E-state index in [1.165, 1.54) is 0 Å². The zero-order valence-electron chi connectivity index (χ0n) is 18.0. The van der Waals surface area contributed by atoms with Crippen LogP contribution in [0.25, 0.3) is 10.9 Å². The molecule has 0 aliphatic heterocycles. The van der Waals surface area contributed by atoms with E-state index in [2.05, 4.69) is 15.0 Å². The molecule has 9 nitrogen and oxygen atoms in total. The first kappa shape index (κ1) is 26.1. The first-order valence-corrected chi connectivity index (χ1v) is 10.1. The number of aromatic amines is 1. The van der Waals surface area contributed by atoms with Crippen LogP contribution in [0.4, 0.5) is 22.0 Å². The number of ether oxygens (including phenoxy) is 1. The molecule has 3 aromatic rings. The molecule has 0 radical (unpaired) electrons. The van der Waals surface area contributed by atoms with Crippen molar-refractivity contribution in [1.82, 2.24) is 15.6 Å². The minimum absolute atomic E-state index is 0.0927. The van der Waals surface area contributed by atoms with Crippen LogP contribution >= 0.6 is 0 Å². The summed E-state index contributed by atoms with van der Waals surface area (Å²) in [5.41, 5.74) is 6.37. The highest BCUT2D eigenvalue weighted by Gasteiger charge is 2.33. The van der Waals surface area contributed by atoms with Crippen molar-refractivity contribution in [1.29, 1.82) is 0 Å². The average molecular weight is 512 g/mol. The standard InChI is InChI=1S/C22H17F5N4O5/c23-15-16(24)18(26)20(19(27)17(15)25)36-22(35)13(6-14(28)33)31-21(34)12(30-8-32)5-9-7-29-11-4-2-1-3-10(9)11/h1-4,7-8,12-13,29H,5-6H2,(H2,28,33)(H,30,32)(H,31,34)/t12-,13-/m0/s1. The number of H-pyrrole nitrogens is 1. The number of halogens is 5. The molecule has 3 amide bonds. The number of esters is 1. The third-order valence-corrected chi connectivity index (χ3v) is 5.06.